The van der Waals surface area contributed by atoms with Gasteiger partial charge in [-0.05, 0) is 41.5 Å². The summed E-state index contributed by atoms with van der Waals surface area (Å²) >= 11 is 12.0. The highest BCUT2D eigenvalue weighted by Gasteiger charge is 2.31. The van der Waals surface area contributed by atoms with Gasteiger partial charge in [0, 0.05) is 36.7 Å². The zero-order chi connectivity index (χ0) is 17.8. The summed E-state index contributed by atoms with van der Waals surface area (Å²) < 4.78 is 5.78. The molecule has 25 heavy (non-hydrogen) atoms. The first kappa shape index (κ1) is 18.1. The Bertz CT molecular complexity index is 723. The lowest BCUT2D eigenvalue weighted by Crippen LogP contribution is -2.52. The average molecular weight is 379 g/mol. The van der Waals surface area contributed by atoms with E-state index in [1.807, 2.05) is 36.4 Å². The predicted octanol–water partition coefficient (Wildman–Crippen LogP) is 3.75. The molecule has 1 aliphatic rings. The molecule has 2 aromatic rings. The molecule has 3 rings (SSSR count). The van der Waals surface area contributed by atoms with Crippen molar-refractivity contribution in [2.75, 3.05) is 20.1 Å². The zero-order valence-electron chi connectivity index (χ0n) is 14.0. The molecule has 0 aromatic heterocycles. The molecule has 0 atom stereocenters. The fourth-order valence-corrected chi connectivity index (χ4v) is 3.45. The Morgan fingerprint density at radius 2 is 1.76 bits per heavy atom. The van der Waals surface area contributed by atoms with Gasteiger partial charge < -0.3 is 10.1 Å². The monoisotopic (exact) mass is 378 g/mol. The van der Waals surface area contributed by atoms with E-state index in [0.717, 1.165) is 30.9 Å². The number of nitrogens with one attached hydrogen (secondary N) is 1. The van der Waals surface area contributed by atoms with Crippen LogP contribution in [-0.4, -0.2) is 30.9 Å². The number of hydrogen-bond donors (Lipinski definition) is 1. The molecule has 1 heterocycles. The molecule has 1 aliphatic heterocycles. The van der Waals surface area contributed by atoms with Gasteiger partial charge in [-0.25, -0.2) is 0 Å². The molecular weight excluding hydrogens is 359 g/mol. The van der Waals surface area contributed by atoms with Gasteiger partial charge in [0.05, 0.1) is 5.92 Å². The minimum Gasteiger partial charge on any atom is -0.489 e. The van der Waals surface area contributed by atoms with Crippen LogP contribution in [0.4, 0.5) is 0 Å². The third-order valence-electron chi connectivity index (χ3n) is 4.23. The van der Waals surface area contributed by atoms with Crippen LogP contribution in [-0.2, 0) is 17.9 Å². The van der Waals surface area contributed by atoms with E-state index in [4.69, 9.17) is 27.9 Å². The van der Waals surface area contributed by atoms with E-state index in [-0.39, 0.29) is 11.8 Å². The fraction of sp³-hybridized carbons (Fsp3) is 0.316. The maximum absolute atomic E-state index is 11.5. The van der Waals surface area contributed by atoms with Crippen LogP contribution in [0.2, 0.25) is 10.0 Å². The van der Waals surface area contributed by atoms with Gasteiger partial charge >= 0.3 is 0 Å². The largest absolute Gasteiger partial charge is 0.489 e. The lowest BCUT2D eigenvalue weighted by Gasteiger charge is -2.38. The molecule has 132 valence electrons. The fourth-order valence-electron chi connectivity index (χ4n) is 2.88. The van der Waals surface area contributed by atoms with Crippen LogP contribution < -0.4 is 10.1 Å². The number of carbonyl (C=O) groups is 1. The summed E-state index contributed by atoms with van der Waals surface area (Å²) in [5.74, 6) is 1.05. The number of hydrogen-bond acceptors (Lipinski definition) is 3. The lowest BCUT2D eigenvalue weighted by atomic mass is 9.98. The quantitative estimate of drug-likeness (QED) is 0.831. The molecule has 0 saturated carbocycles. The van der Waals surface area contributed by atoms with Crippen LogP contribution in [0.1, 0.15) is 11.1 Å². The highest BCUT2D eigenvalue weighted by molar-refractivity contribution is 6.34. The van der Waals surface area contributed by atoms with Crippen molar-refractivity contribution in [2.24, 2.45) is 5.92 Å². The maximum Gasteiger partial charge on any atom is 0.225 e. The summed E-state index contributed by atoms with van der Waals surface area (Å²) in [5.41, 5.74) is 2.14. The molecule has 6 heteroatoms. The van der Waals surface area contributed by atoms with Gasteiger partial charge in [0.1, 0.15) is 12.4 Å². The molecule has 0 radical (unpaired) electrons. The molecule has 1 saturated heterocycles. The number of benzene rings is 2. The minimum absolute atomic E-state index is 0.122. The first-order valence-corrected chi connectivity index (χ1v) is 8.90. The smallest absolute Gasteiger partial charge is 0.225 e. The number of nitrogens with zero attached hydrogens (tertiary/aromatic N) is 1. The molecule has 4 nitrogen and oxygen atoms in total. The Labute approximate surface area is 157 Å². The number of likely N-dealkylation sites (tertiary alicyclic amines) is 1. The summed E-state index contributed by atoms with van der Waals surface area (Å²) in [4.78, 5) is 13.8. The van der Waals surface area contributed by atoms with Gasteiger partial charge in [-0.3, -0.25) is 9.69 Å². The highest BCUT2D eigenvalue weighted by atomic mass is 35.5. The van der Waals surface area contributed by atoms with Crippen molar-refractivity contribution in [1.82, 2.24) is 10.2 Å². The summed E-state index contributed by atoms with van der Waals surface area (Å²) in [5, 5.41) is 3.90. The van der Waals surface area contributed by atoms with Crippen molar-refractivity contribution in [3.8, 4) is 5.75 Å². The standard InChI is InChI=1S/C19H20Cl2N2O2/c1-22-19(24)15-10-23(11-15)9-13-2-4-18(5-3-13)25-12-14-6-16(20)8-17(21)7-14/h2-8,15H,9-12H2,1H3,(H,22,24). The first-order chi connectivity index (χ1) is 12.0. The molecule has 0 bridgehead atoms. The van der Waals surface area contributed by atoms with Crippen LogP contribution in [0.25, 0.3) is 0 Å². The second-order valence-electron chi connectivity index (χ2n) is 6.22. The summed E-state index contributed by atoms with van der Waals surface area (Å²) in [7, 11) is 1.68. The van der Waals surface area contributed by atoms with Gasteiger partial charge in [-0.15, -0.1) is 0 Å². The molecule has 1 fully saturated rings. The van der Waals surface area contributed by atoms with Crippen LogP contribution in [0, 0.1) is 5.92 Å². The van der Waals surface area contributed by atoms with Crippen LogP contribution in [0.3, 0.4) is 0 Å². The van der Waals surface area contributed by atoms with Crippen LogP contribution in [0.15, 0.2) is 42.5 Å². The Kier molecular flexibility index (Phi) is 5.84. The lowest BCUT2D eigenvalue weighted by molar-refractivity contribution is -0.129. The summed E-state index contributed by atoms with van der Waals surface area (Å²) in [6, 6.07) is 13.4. The van der Waals surface area contributed by atoms with Crippen molar-refractivity contribution in [1.29, 1.82) is 0 Å². The molecule has 1 N–H and O–H groups in total. The normalized spacial score (nSPS) is 14.8. The summed E-state index contributed by atoms with van der Waals surface area (Å²) in [6.45, 7) is 2.89. The predicted molar refractivity (Wildman–Crippen MR) is 100 cm³/mol. The van der Waals surface area contributed by atoms with Crippen molar-refractivity contribution < 1.29 is 9.53 Å². The van der Waals surface area contributed by atoms with Crippen molar-refractivity contribution in [3.63, 3.8) is 0 Å². The Balaban J connectivity index is 1.48. The summed E-state index contributed by atoms with van der Waals surface area (Å²) in [6.07, 6.45) is 0. The van der Waals surface area contributed by atoms with Gasteiger partial charge in [-0.1, -0.05) is 35.3 Å². The van der Waals surface area contributed by atoms with Crippen LogP contribution >= 0.6 is 23.2 Å². The molecule has 0 aliphatic carbocycles. The molecular formula is C19H20Cl2N2O2. The Morgan fingerprint density at radius 3 is 2.36 bits per heavy atom. The molecule has 1 amide bonds. The Morgan fingerprint density at radius 1 is 1.12 bits per heavy atom. The maximum atomic E-state index is 11.5. The third kappa shape index (κ3) is 4.88. The van der Waals surface area contributed by atoms with E-state index in [2.05, 4.69) is 10.2 Å². The van der Waals surface area contributed by atoms with Gasteiger partial charge in [-0.2, -0.15) is 0 Å². The number of ether oxygens (including phenoxy) is 1. The van der Waals surface area contributed by atoms with Crippen molar-refractivity contribution in [3.05, 3.63) is 63.6 Å². The van der Waals surface area contributed by atoms with E-state index < -0.39 is 0 Å². The third-order valence-corrected chi connectivity index (χ3v) is 4.67. The van der Waals surface area contributed by atoms with Crippen LogP contribution in [0.5, 0.6) is 5.75 Å². The number of halogens is 2. The second-order valence-corrected chi connectivity index (χ2v) is 7.09. The van der Waals surface area contributed by atoms with E-state index in [1.165, 1.54) is 5.56 Å². The average Bonchev–Trinajstić information content (AvgIpc) is 2.55. The number of carbonyl (C=O) groups excluding carboxylic acids is 1. The molecule has 0 unspecified atom stereocenters. The van der Waals surface area contributed by atoms with Gasteiger partial charge in [0.15, 0.2) is 0 Å². The van der Waals surface area contributed by atoms with E-state index in [9.17, 15) is 4.79 Å². The number of amides is 1. The molecule has 2 aromatic carbocycles. The van der Waals surface area contributed by atoms with Crippen molar-refractivity contribution in [2.45, 2.75) is 13.2 Å². The van der Waals surface area contributed by atoms with E-state index >= 15 is 0 Å². The topological polar surface area (TPSA) is 41.6 Å². The minimum atomic E-state index is 0.122. The van der Waals surface area contributed by atoms with Gasteiger partial charge in [0.25, 0.3) is 0 Å². The first-order valence-electron chi connectivity index (χ1n) is 8.14. The van der Waals surface area contributed by atoms with E-state index in [1.54, 1.807) is 13.1 Å². The molecule has 0 spiro atoms. The Hall–Kier alpha value is -1.75. The van der Waals surface area contributed by atoms with E-state index in [0.29, 0.717) is 16.7 Å². The van der Waals surface area contributed by atoms with Gasteiger partial charge in [0.2, 0.25) is 5.91 Å². The SMILES string of the molecule is CNC(=O)C1CN(Cc2ccc(OCc3cc(Cl)cc(Cl)c3)cc2)C1. The van der Waals surface area contributed by atoms with Crippen molar-refractivity contribution >= 4 is 29.1 Å². The highest BCUT2D eigenvalue weighted by Crippen LogP contribution is 2.22. The number of rotatable bonds is 6. The zero-order valence-corrected chi connectivity index (χ0v) is 15.5. The second kappa shape index (κ2) is 8.09.